The summed E-state index contributed by atoms with van der Waals surface area (Å²) in [7, 11) is 0. The zero-order valence-corrected chi connectivity index (χ0v) is 12.0. The van der Waals surface area contributed by atoms with Crippen molar-refractivity contribution >= 4 is 5.97 Å². The van der Waals surface area contributed by atoms with Gasteiger partial charge in [0.2, 0.25) is 5.82 Å². The number of aliphatic carboxylic acids is 1. The molecule has 0 radical (unpaired) electrons. The molecule has 0 aromatic carbocycles. The zero-order chi connectivity index (χ0) is 14.8. The van der Waals surface area contributed by atoms with Crippen LogP contribution in [-0.4, -0.2) is 33.9 Å². The van der Waals surface area contributed by atoms with Crippen LogP contribution in [-0.2, 0) is 19.9 Å². The number of carboxylic acid groups (broad SMARTS) is 1. The summed E-state index contributed by atoms with van der Waals surface area (Å²) in [6.45, 7) is 6.35. The fourth-order valence-corrected chi connectivity index (χ4v) is 2.22. The quantitative estimate of drug-likeness (QED) is 0.854. The molecule has 2 heterocycles. The van der Waals surface area contributed by atoms with Crippen LogP contribution >= 0.6 is 0 Å². The van der Waals surface area contributed by atoms with Crippen LogP contribution in [0.4, 0.5) is 0 Å². The van der Waals surface area contributed by atoms with Gasteiger partial charge in [-0.3, -0.25) is 0 Å². The Morgan fingerprint density at radius 3 is 2.80 bits per heavy atom. The molecule has 0 amide bonds. The Balaban J connectivity index is 2.11. The van der Waals surface area contributed by atoms with Crippen LogP contribution < -0.4 is 0 Å². The number of aromatic nitrogens is 2. The second-order valence-corrected chi connectivity index (χ2v) is 5.00. The van der Waals surface area contributed by atoms with Gasteiger partial charge < -0.3 is 19.1 Å². The van der Waals surface area contributed by atoms with Gasteiger partial charge in [-0.2, -0.15) is 4.98 Å². The lowest BCUT2D eigenvalue weighted by molar-refractivity contribution is -0.150. The number of nitrogens with zero attached hydrogens (tertiary/aromatic N) is 2. The molecule has 7 nitrogen and oxygen atoms in total. The normalized spacial score (nSPS) is 25.6. The maximum atomic E-state index is 10.9. The van der Waals surface area contributed by atoms with Gasteiger partial charge in [0.25, 0.3) is 5.89 Å². The first-order chi connectivity index (χ1) is 9.50. The third-order valence-electron chi connectivity index (χ3n) is 3.62. The minimum absolute atomic E-state index is 0.322. The molecule has 0 spiro atoms. The third kappa shape index (κ3) is 2.83. The molecule has 0 bridgehead atoms. The average molecular weight is 284 g/mol. The number of hydrogen-bond acceptors (Lipinski definition) is 6. The van der Waals surface area contributed by atoms with Gasteiger partial charge in [0.15, 0.2) is 6.10 Å². The number of ether oxygens (including phenoxy) is 2. The van der Waals surface area contributed by atoms with Crippen molar-refractivity contribution in [3.63, 3.8) is 0 Å². The molecule has 112 valence electrons. The van der Waals surface area contributed by atoms with E-state index in [0.29, 0.717) is 37.6 Å². The molecule has 2 rings (SSSR count). The highest BCUT2D eigenvalue weighted by molar-refractivity contribution is 5.72. The first-order valence-electron chi connectivity index (χ1n) is 6.86. The maximum Gasteiger partial charge on any atom is 0.332 e. The summed E-state index contributed by atoms with van der Waals surface area (Å²) in [6.07, 6.45) is 0.493. The van der Waals surface area contributed by atoms with Crippen LogP contribution in [0.2, 0.25) is 0 Å². The Morgan fingerprint density at radius 1 is 1.50 bits per heavy atom. The molecule has 1 aliphatic heterocycles. The predicted octanol–water partition coefficient (Wildman–Crippen LogP) is 2.04. The topological polar surface area (TPSA) is 94.7 Å². The summed E-state index contributed by atoms with van der Waals surface area (Å²) < 4.78 is 16.3. The minimum atomic E-state index is -0.958. The van der Waals surface area contributed by atoms with Gasteiger partial charge in [0, 0.05) is 6.61 Å². The number of rotatable bonds is 6. The molecular weight excluding hydrogens is 264 g/mol. The Kier molecular flexibility index (Phi) is 4.39. The monoisotopic (exact) mass is 284 g/mol. The predicted molar refractivity (Wildman–Crippen MR) is 68.1 cm³/mol. The SMILES string of the molecule is CCOC(C)(CC)c1noc(C2CCC(C(=O)O)O2)n1. The lowest BCUT2D eigenvalue weighted by Gasteiger charge is -2.23. The molecule has 0 saturated carbocycles. The van der Waals surface area contributed by atoms with E-state index in [9.17, 15) is 4.79 Å². The van der Waals surface area contributed by atoms with Gasteiger partial charge >= 0.3 is 5.97 Å². The van der Waals surface area contributed by atoms with E-state index in [1.165, 1.54) is 0 Å². The standard InChI is InChI=1S/C13H20N2O5/c1-4-13(3,18-5-2)12-14-10(20-15-12)8-6-7-9(19-8)11(16)17/h8-9H,4-7H2,1-3H3,(H,16,17). The third-order valence-corrected chi connectivity index (χ3v) is 3.62. The van der Waals surface area contributed by atoms with Crippen molar-refractivity contribution in [2.45, 2.75) is 57.8 Å². The van der Waals surface area contributed by atoms with Gasteiger partial charge in [-0.15, -0.1) is 0 Å². The van der Waals surface area contributed by atoms with Crippen molar-refractivity contribution in [3.8, 4) is 0 Å². The zero-order valence-electron chi connectivity index (χ0n) is 12.0. The van der Waals surface area contributed by atoms with Crippen LogP contribution in [0.25, 0.3) is 0 Å². The van der Waals surface area contributed by atoms with Crippen molar-refractivity contribution in [3.05, 3.63) is 11.7 Å². The first-order valence-corrected chi connectivity index (χ1v) is 6.86. The van der Waals surface area contributed by atoms with Crippen LogP contribution in [0.3, 0.4) is 0 Å². The molecule has 1 saturated heterocycles. The molecule has 7 heteroatoms. The largest absolute Gasteiger partial charge is 0.479 e. The van der Waals surface area contributed by atoms with Crippen molar-refractivity contribution in [1.82, 2.24) is 10.1 Å². The molecule has 20 heavy (non-hydrogen) atoms. The fourth-order valence-electron chi connectivity index (χ4n) is 2.22. The van der Waals surface area contributed by atoms with E-state index in [-0.39, 0.29) is 0 Å². The fraction of sp³-hybridized carbons (Fsp3) is 0.769. The minimum Gasteiger partial charge on any atom is -0.479 e. The molecule has 1 aromatic rings. The van der Waals surface area contributed by atoms with Gasteiger partial charge in [-0.1, -0.05) is 12.1 Å². The molecule has 1 aromatic heterocycles. The van der Waals surface area contributed by atoms with E-state index < -0.39 is 23.8 Å². The van der Waals surface area contributed by atoms with Crippen LogP contribution in [0.1, 0.15) is 57.9 Å². The van der Waals surface area contributed by atoms with Gasteiger partial charge in [0.1, 0.15) is 11.7 Å². The molecule has 1 fully saturated rings. The Labute approximate surface area is 117 Å². The summed E-state index contributed by atoms with van der Waals surface area (Å²) in [5.74, 6) is -0.165. The van der Waals surface area contributed by atoms with Crippen molar-refractivity contribution in [2.24, 2.45) is 0 Å². The average Bonchev–Trinajstić information content (AvgIpc) is 3.07. The second kappa shape index (κ2) is 5.88. The van der Waals surface area contributed by atoms with Crippen LogP contribution in [0.15, 0.2) is 4.52 Å². The van der Waals surface area contributed by atoms with E-state index in [0.717, 1.165) is 0 Å². The summed E-state index contributed by atoms with van der Waals surface area (Å²) >= 11 is 0. The summed E-state index contributed by atoms with van der Waals surface area (Å²) in [4.78, 5) is 15.2. The van der Waals surface area contributed by atoms with E-state index in [2.05, 4.69) is 10.1 Å². The van der Waals surface area contributed by atoms with Crippen molar-refractivity contribution < 1.29 is 23.9 Å². The highest BCUT2D eigenvalue weighted by Crippen LogP contribution is 2.34. The Hall–Kier alpha value is -1.47. The van der Waals surface area contributed by atoms with Crippen molar-refractivity contribution in [2.75, 3.05) is 6.61 Å². The lowest BCUT2D eigenvalue weighted by Crippen LogP contribution is -2.26. The van der Waals surface area contributed by atoms with E-state index in [1.54, 1.807) is 0 Å². The molecule has 3 unspecified atom stereocenters. The molecule has 1 aliphatic rings. The smallest absolute Gasteiger partial charge is 0.332 e. The molecule has 1 N–H and O–H groups in total. The summed E-state index contributed by atoms with van der Waals surface area (Å²) in [6, 6.07) is 0. The van der Waals surface area contributed by atoms with E-state index in [1.807, 2.05) is 20.8 Å². The van der Waals surface area contributed by atoms with Gasteiger partial charge in [0.05, 0.1) is 0 Å². The van der Waals surface area contributed by atoms with E-state index in [4.69, 9.17) is 19.1 Å². The number of carboxylic acids is 1. The number of hydrogen-bond donors (Lipinski definition) is 1. The van der Waals surface area contributed by atoms with E-state index >= 15 is 0 Å². The molecule has 3 atom stereocenters. The van der Waals surface area contributed by atoms with Crippen molar-refractivity contribution in [1.29, 1.82) is 0 Å². The summed E-state index contributed by atoms with van der Waals surface area (Å²) in [5, 5.41) is 12.9. The van der Waals surface area contributed by atoms with Gasteiger partial charge in [-0.05, 0) is 33.1 Å². The van der Waals surface area contributed by atoms with Crippen LogP contribution in [0, 0.1) is 0 Å². The summed E-state index contributed by atoms with van der Waals surface area (Å²) in [5.41, 5.74) is -0.596. The highest BCUT2D eigenvalue weighted by atomic mass is 16.6. The Bertz CT molecular complexity index is 475. The second-order valence-electron chi connectivity index (χ2n) is 5.00. The van der Waals surface area contributed by atoms with Gasteiger partial charge in [-0.25, -0.2) is 4.79 Å². The Morgan fingerprint density at radius 2 is 2.25 bits per heavy atom. The number of carbonyl (C=O) groups is 1. The maximum absolute atomic E-state index is 10.9. The van der Waals surface area contributed by atoms with Crippen LogP contribution in [0.5, 0.6) is 0 Å². The molecular formula is C13H20N2O5. The lowest BCUT2D eigenvalue weighted by atomic mass is 10.0. The molecule has 0 aliphatic carbocycles. The highest BCUT2D eigenvalue weighted by Gasteiger charge is 2.37. The first kappa shape index (κ1) is 14.9.